The van der Waals surface area contributed by atoms with E-state index in [-0.39, 0.29) is 12.4 Å². The summed E-state index contributed by atoms with van der Waals surface area (Å²) in [5.41, 5.74) is 1.40. The van der Waals surface area contributed by atoms with Gasteiger partial charge in [0.15, 0.2) is 5.82 Å². The molecule has 2 heterocycles. The largest absolute Gasteiger partial charge is 0.481 e. The second kappa shape index (κ2) is 6.39. The number of halogens is 1. The van der Waals surface area contributed by atoms with E-state index in [2.05, 4.69) is 15.1 Å². The summed E-state index contributed by atoms with van der Waals surface area (Å²) in [5.74, 6) is -0.0714. The van der Waals surface area contributed by atoms with E-state index < -0.39 is 5.76 Å². The smallest absolute Gasteiger partial charge is 0.441 e. The lowest BCUT2D eigenvalue weighted by Gasteiger charge is -2.05. The Hall–Kier alpha value is -3.03. The predicted octanol–water partition coefficient (Wildman–Crippen LogP) is 1.41. The molecule has 0 radical (unpaired) electrons. The topological polar surface area (TPSA) is 83.0 Å². The van der Waals surface area contributed by atoms with E-state index in [0.29, 0.717) is 23.8 Å². The van der Waals surface area contributed by atoms with Crippen LogP contribution in [0.15, 0.2) is 46.0 Å². The maximum absolute atomic E-state index is 13.0. The molecule has 0 aliphatic carbocycles. The highest BCUT2D eigenvalue weighted by molar-refractivity contribution is 5.20. The minimum absolute atomic E-state index is 0.178. The summed E-state index contributed by atoms with van der Waals surface area (Å²) >= 11 is 0. The highest BCUT2D eigenvalue weighted by atomic mass is 19.1. The molecule has 0 atom stereocenters. The first-order valence-electron chi connectivity index (χ1n) is 6.80. The van der Waals surface area contributed by atoms with Gasteiger partial charge in [0.25, 0.3) is 0 Å². The van der Waals surface area contributed by atoms with Crippen molar-refractivity contribution in [3.63, 3.8) is 0 Å². The van der Waals surface area contributed by atoms with Crippen molar-refractivity contribution in [3.8, 4) is 5.88 Å². The van der Waals surface area contributed by atoms with Gasteiger partial charge >= 0.3 is 5.76 Å². The number of nitrogens with zero attached hydrogens (tertiary/aromatic N) is 4. The van der Waals surface area contributed by atoms with Crippen molar-refractivity contribution in [2.75, 3.05) is 7.11 Å². The molecule has 0 aliphatic heterocycles. The number of ether oxygens (including phenoxy) is 1. The number of methoxy groups -OCH3 is 1. The van der Waals surface area contributed by atoms with Crippen molar-refractivity contribution in [3.05, 3.63) is 70.1 Å². The first-order chi connectivity index (χ1) is 11.2. The van der Waals surface area contributed by atoms with E-state index in [1.165, 1.54) is 30.1 Å². The van der Waals surface area contributed by atoms with Crippen LogP contribution >= 0.6 is 0 Å². The van der Waals surface area contributed by atoms with Crippen LogP contribution in [-0.2, 0) is 13.0 Å². The summed E-state index contributed by atoms with van der Waals surface area (Å²) in [7, 11) is 1.50. The lowest BCUT2D eigenvalue weighted by molar-refractivity contribution is 0.374. The van der Waals surface area contributed by atoms with Gasteiger partial charge in [-0.1, -0.05) is 17.3 Å². The molecule has 0 unspecified atom stereocenters. The fourth-order valence-corrected chi connectivity index (χ4v) is 2.10. The van der Waals surface area contributed by atoms with Gasteiger partial charge in [0.2, 0.25) is 5.88 Å². The molecule has 3 aromatic rings. The van der Waals surface area contributed by atoms with Crippen molar-refractivity contribution in [2.45, 2.75) is 13.0 Å². The Balaban J connectivity index is 1.86. The maximum atomic E-state index is 13.0. The van der Waals surface area contributed by atoms with E-state index >= 15 is 0 Å². The van der Waals surface area contributed by atoms with Gasteiger partial charge in [0.05, 0.1) is 19.3 Å². The summed E-state index contributed by atoms with van der Waals surface area (Å²) < 4.78 is 24.1. The Morgan fingerprint density at radius 1 is 1.26 bits per heavy atom. The van der Waals surface area contributed by atoms with Crippen molar-refractivity contribution in [1.82, 2.24) is 19.7 Å². The van der Waals surface area contributed by atoms with Crippen LogP contribution in [0.1, 0.15) is 17.1 Å². The van der Waals surface area contributed by atoms with Gasteiger partial charge in [-0.15, -0.1) is 0 Å². The Morgan fingerprint density at radius 3 is 2.78 bits per heavy atom. The first-order valence-corrected chi connectivity index (χ1v) is 6.80. The van der Waals surface area contributed by atoms with Crippen LogP contribution in [0.4, 0.5) is 4.39 Å². The van der Waals surface area contributed by atoms with E-state index in [9.17, 15) is 9.18 Å². The molecule has 3 rings (SSSR count). The van der Waals surface area contributed by atoms with Crippen LogP contribution in [-0.4, -0.2) is 26.8 Å². The summed E-state index contributed by atoms with van der Waals surface area (Å²) in [5, 5.41) is 3.78. The molecule has 0 bridgehead atoms. The van der Waals surface area contributed by atoms with Crippen molar-refractivity contribution >= 4 is 0 Å². The van der Waals surface area contributed by atoms with Crippen molar-refractivity contribution < 1.29 is 13.7 Å². The van der Waals surface area contributed by atoms with Gasteiger partial charge < -0.3 is 4.74 Å². The van der Waals surface area contributed by atoms with E-state index in [4.69, 9.17) is 9.26 Å². The van der Waals surface area contributed by atoms with Crippen LogP contribution in [0.3, 0.4) is 0 Å². The lowest BCUT2D eigenvalue weighted by atomic mass is 10.1. The third-order valence-electron chi connectivity index (χ3n) is 3.26. The highest BCUT2D eigenvalue weighted by Gasteiger charge is 2.13. The fraction of sp³-hybridized carbons (Fsp3) is 0.200. The first kappa shape index (κ1) is 14.9. The molecule has 0 saturated carbocycles. The van der Waals surface area contributed by atoms with Crippen LogP contribution < -0.4 is 10.5 Å². The molecule has 2 aromatic heterocycles. The molecule has 0 fully saturated rings. The quantitative estimate of drug-likeness (QED) is 0.708. The Morgan fingerprint density at radius 2 is 2.04 bits per heavy atom. The number of rotatable bonds is 5. The molecule has 8 heteroatoms. The molecular formula is C15H13FN4O3. The molecule has 118 valence electrons. The fourth-order valence-electron chi connectivity index (χ4n) is 2.10. The average molecular weight is 316 g/mol. The van der Waals surface area contributed by atoms with Crippen LogP contribution in [0.5, 0.6) is 5.88 Å². The second-order valence-corrected chi connectivity index (χ2v) is 4.81. The average Bonchev–Trinajstić information content (AvgIpc) is 2.90. The molecule has 0 aliphatic rings. The number of benzene rings is 1. The van der Waals surface area contributed by atoms with Gasteiger partial charge in [-0.3, -0.25) is 9.09 Å². The van der Waals surface area contributed by atoms with Gasteiger partial charge in [-0.05, 0) is 17.7 Å². The van der Waals surface area contributed by atoms with Crippen LogP contribution in [0, 0.1) is 5.82 Å². The molecule has 0 spiro atoms. The van der Waals surface area contributed by atoms with Crippen LogP contribution in [0.2, 0.25) is 0 Å². The molecule has 1 aromatic carbocycles. The molecule has 0 saturated heterocycles. The van der Waals surface area contributed by atoms with Gasteiger partial charge in [-0.2, -0.15) is 0 Å². The van der Waals surface area contributed by atoms with E-state index in [0.717, 1.165) is 5.56 Å². The zero-order valence-electron chi connectivity index (χ0n) is 12.3. The monoisotopic (exact) mass is 316 g/mol. The number of hydrogen-bond acceptors (Lipinski definition) is 6. The predicted molar refractivity (Wildman–Crippen MR) is 77.7 cm³/mol. The zero-order valence-corrected chi connectivity index (χ0v) is 12.3. The van der Waals surface area contributed by atoms with Crippen molar-refractivity contribution in [2.24, 2.45) is 0 Å². The van der Waals surface area contributed by atoms with E-state index in [1.807, 2.05) is 0 Å². The summed E-state index contributed by atoms with van der Waals surface area (Å²) in [6.07, 6.45) is 1.70. The van der Waals surface area contributed by atoms with Gasteiger partial charge in [-0.25, -0.2) is 19.2 Å². The molecule has 0 amide bonds. The normalized spacial score (nSPS) is 10.7. The third kappa shape index (κ3) is 3.42. The van der Waals surface area contributed by atoms with Crippen LogP contribution in [0.25, 0.3) is 0 Å². The standard InChI is InChI=1S/C15H13FN4O3/c1-22-14-7-12(17-9-18-14)8-20-13(19-23-15(20)21)6-10-2-4-11(16)5-3-10/h2-5,7,9H,6,8H2,1H3. The number of hydrogen-bond donors (Lipinski definition) is 0. The second-order valence-electron chi connectivity index (χ2n) is 4.81. The molecule has 23 heavy (non-hydrogen) atoms. The number of aromatic nitrogens is 4. The SMILES string of the molecule is COc1cc(Cn2c(Cc3ccc(F)cc3)noc2=O)ncn1. The van der Waals surface area contributed by atoms with E-state index in [1.54, 1.807) is 18.2 Å². The summed E-state index contributed by atoms with van der Waals surface area (Å²) in [6, 6.07) is 7.60. The van der Waals surface area contributed by atoms with Gasteiger partial charge in [0, 0.05) is 12.5 Å². The molecule has 7 nitrogen and oxygen atoms in total. The molecule has 0 N–H and O–H groups in total. The van der Waals surface area contributed by atoms with Gasteiger partial charge in [0.1, 0.15) is 12.1 Å². The molecular weight excluding hydrogens is 303 g/mol. The summed E-state index contributed by atoms with van der Waals surface area (Å²) in [6.45, 7) is 0.178. The Bertz CT molecular complexity index is 858. The Kier molecular flexibility index (Phi) is 4.13. The maximum Gasteiger partial charge on any atom is 0.441 e. The summed E-state index contributed by atoms with van der Waals surface area (Å²) in [4.78, 5) is 19.8. The Labute approximate surface area is 130 Å². The zero-order chi connectivity index (χ0) is 16.2. The minimum atomic E-state index is -0.584. The lowest BCUT2D eigenvalue weighted by Crippen LogP contribution is -2.19. The third-order valence-corrected chi connectivity index (χ3v) is 3.26. The highest BCUT2D eigenvalue weighted by Crippen LogP contribution is 2.11. The van der Waals surface area contributed by atoms with Crippen molar-refractivity contribution in [1.29, 1.82) is 0 Å². The minimum Gasteiger partial charge on any atom is -0.481 e.